The molecule has 4 N–H and O–H groups in total. The molecular weight excluding hydrogens is 389 g/mol. The average Bonchev–Trinajstić information content (AvgIpc) is 2.51. The summed E-state index contributed by atoms with van der Waals surface area (Å²) in [6.45, 7) is -0.105. The number of hydrogen-bond donors (Lipinski definition) is 4. The highest BCUT2D eigenvalue weighted by Gasteiger charge is 2.14. The van der Waals surface area contributed by atoms with Gasteiger partial charge in [0, 0.05) is 27.3 Å². The first-order valence-corrected chi connectivity index (χ1v) is 8.25. The molecule has 2 aromatic rings. The maximum absolute atomic E-state index is 12.2. The normalized spacial score (nSPS) is 10.2. The molecule has 2 rings (SSSR count). The molecule has 6 nitrogen and oxygen atoms in total. The molecule has 0 aliphatic heterocycles. The smallest absolute Gasteiger partial charge is 0.323 e. The van der Waals surface area contributed by atoms with Gasteiger partial charge in [-0.05, 0) is 36.4 Å². The molecule has 0 aliphatic carbocycles. The first-order valence-electron chi connectivity index (χ1n) is 7.12. The van der Waals surface area contributed by atoms with Crippen LogP contribution in [0.25, 0.3) is 0 Å². The molecule has 0 aromatic heterocycles. The largest absolute Gasteiger partial charge is 0.395 e. The zero-order chi connectivity index (χ0) is 18.4. The van der Waals surface area contributed by atoms with Crippen molar-refractivity contribution in [1.82, 2.24) is 5.32 Å². The number of carbonyl (C=O) groups is 2. The molecule has 0 radical (unpaired) electrons. The van der Waals surface area contributed by atoms with Crippen LogP contribution in [-0.2, 0) is 0 Å². The molecule has 3 amide bonds. The van der Waals surface area contributed by atoms with Crippen LogP contribution in [0.2, 0.25) is 15.1 Å². The van der Waals surface area contributed by atoms with E-state index in [9.17, 15) is 9.59 Å². The number of urea groups is 1. The first kappa shape index (κ1) is 19.3. The molecule has 2 aromatic carbocycles. The van der Waals surface area contributed by atoms with Gasteiger partial charge in [0.25, 0.3) is 5.91 Å². The van der Waals surface area contributed by atoms with E-state index in [-0.39, 0.29) is 24.4 Å². The third-order valence-corrected chi connectivity index (χ3v) is 3.66. The van der Waals surface area contributed by atoms with Crippen molar-refractivity contribution in [3.63, 3.8) is 0 Å². The standard InChI is InChI=1S/C16H14Cl3N3O3/c17-9-1-2-13(15(24)20-3-4-23)14(8-9)22-16(25)21-12-6-10(18)5-11(19)7-12/h1-2,5-8,23H,3-4H2,(H,20,24)(H2,21,22,25). The zero-order valence-corrected chi connectivity index (χ0v) is 15.0. The maximum Gasteiger partial charge on any atom is 0.323 e. The lowest BCUT2D eigenvalue weighted by Crippen LogP contribution is -2.28. The van der Waals surface area contributed by atoms with Gasteiger partial charge in [-0.3, -0.25) is 4.79 Å². The Balaban J connectivity index is 2.16. The fraction of sp³-hybridized carbons (Fsp3) is 0.125. The lowest BCUT2D eigenvalue weighted by Gasteiger charge is -2.13. The molecule has 0 fully saturated rings. The van der Waals surface area contributed by atoms with Crippen LogP contribution in [0.3, 0.4) is 0 Å². The van der Waals surface area contributed by atoms with Gasteiger partial charge in [0.2, 0.25) is 0 Å². The summed E-state index contributed by atoms with van der Waals surface area (Å²) in [5, 5.41) is 17.5. The second-order valence-corrected chi connectivity index (χ2v) is 6.22. The van der Waals surface area contributed by atoms with E-state index in [0.717, 1.165) is 0 Å². The third kappa shape index (κ3) is 5.79. The number of anilines is 2. The van der Waals surface area contributed by atoms with E-state index in [4.69, 9.17) is 39.9 Å². The van der Waals surface area contributed by atoms with Crippen molar-refractivity contribution < 1.29 is 14.7 Å². The van der Waals surface area contributed by atoms with E-state index in [1.54, 1.807) is 0 Å². The number of aliphatic hydroxyl groups is 1. The molecule has 0 atom stereocenters. The quantitative estimate of drug-likeness (QED) is 0.609. The number of amides is 3. The third-order valence-electron chi connectivity index (χ3n) is 2.99. The van der Waals surface area contributed by atoms with Crippen molar-refractivity contribution in [1.29, 1.82) is 0 Å². The molecule has 0 saturated carbocycles. The minimum atomic E-state index is -0.600. The van der Waals surface area contributed by atoms with E-state index in [1.165, 1.54) is 36.4 Å². The molecule has 0 unspecified atom stereocenters. The van der Waals surface area contributed by atoms with Gasteiger partial charge in [0.1, 0.15) is 0 Å². The van der Waals surface area contributed by atoms with E-state index in [2.05, 4.69) is 16.0 Å². The highest BCUT2D eigenvalue weighted by molar-refractivity contribution is 6.35. The summed E-state index contributed by atoms with van der Waals surface area (Å²) >= 11 is 17.7. The number of carbonyl (C=O) groups excluding carboxylic acids is 2. The minimum absolute atomic E-state index is 0.0914. The van der Waals surface area contributed by atoms with Crippen LogP contribution in [0.5, 0.6) is 0 Å². The highest BCUT2D eigenvalue weighted by Crippen LogP contribution is 2.24. The monoisotopic (exact) mass is 401 g/mol. The number of hydrogen-bond acceptors (Lipinski definition) is 3. The summed E-state index contributed by atoms with van der Waals surface area (Å²) in [6, 6.07) is 8.43. The predicted octanol–water partition coefficient (Wildman–Crippen LogP) is 4.01. The summed E-state index contributed by atoms with van der Waals surface area (Å²) in [4.78, 5) is 24.3. The minimum Gasteiger partial charge on any atom is -0.395 e. The summed E-state index contributed by atoms with van der Waals surface area (Å²) in [5.41, 5.74) is 0.814. The summed E-state index contributed by atoms with van der Waals surface area (Å²) < 4.78 is 0. The van der Waals surface area contributed by atoms with Crippen LogP contribution in [-0.4, -0.2) is 30.2 Å². The molecular formula is C16H14Cl3N3O3. The summed E-state index contributed by atoms with van der Waals surface area (Å²) in [6.07, 6.45) is 0. The Morgan fingerprint density at radius 2 is 1.60 bits per heavy atom. The highest BCUT2D eigenvalue weighted by atomic mass is 35.5. The second kappa shape index (κ2) is 8.92. The van der Waals surface area contributed by atoms with Gasteiger partial charge < -0.3 is 21.1 Å². The molecule has 9 heteroatoms. The van der Waals surface area contributed by atoms with Crippen LogP contribution in [0.1, 0.15) is 10.4 Å². The van der Waals surface area contributed by atoms with Gasteiger partial charge in [-0.1, -0.05) is 34.8 Å². The van der Waals surface area contributed by atoms with Crippen molar-refractivity contribution in [2.45, 2.75) is 0 Å². The van der Waals surface area contributed by atoms with Crippen LogP contribution in [0, 0.1) is 0 Å². The van der Waals surface area contributed by atoms with Gasteiger partial charge in [-0.15, -0.1) is 0 Å². The van der Waals surface area contributed by atoms with Crippen molar-refractivity contribution >= 4 is 58.1 Å². The molecule has 0 heterocycles. The predicted molar refractivity (Wildman–Crippen MR) is 100.0 cm³/mol. The zero-order valence-electron chi connectivity index (χ0n) is 12.8. The van der Waals surface area contributed by atoms with Crippen LogP contribution in [0.15, 0.2) is 36.4 Å². The van der Waals surface area contributed by atoms with E-state index in [1.807, 2.05) is 0 Å². The van der Waals surface area contributed by atoms with Gasteiger partial charge >= 0.3 is 6.03 Å². The number of aliphatic hydroxyl groups excluding tert-OH is 1. The number of benzene rings is 2. The van der Waals surface area contributed by atoms with E-state index < -0.39 is 11.9 Å². The fourth-order valence-electron chi connectivity index (χ4n) is 1.99. The van der Waals surface area contributed by atoms with Gasteiger partial charge in [-0.2, -0.15) is 0 Å². The van der Waals surface area contributed by atoms with E-state index >= 15 is 0 Å². The summed E-state index contributed by atoms with van der Waals surface area (Å²) in [5.74, 6) is -0.452. The number of rotatable bonds is 5. The topological polar surface area (TPSA) is 90.5 Å². The Labute approximate surface area is 159 Å². The second-order valence-electron chi connectivity index (χ2n) is 4.91. The Morgan fingerprint density at radius 3 is 2.24 bits per heavy atom. The Kier molecular flexibility index (Phi) is 6.90. The van der Waals surface area contributed by atoms with Gasteiger partial charge in [0.05, 0.1) is 17.9 Å². The van der Waals surface area contributed by atoms with Gasteiger partial charge in [-0.25, -0.2) is 4.79 Å². The molecule has 0 aliphatic rings. The SMILES string of the molecule is O=C(Nc1cc(Cl)cc(Cl)c1)Nc1cc(Cl)ccc1C(=O)NCCO. The van der Waals surface area contributed by atoms with Crippen molar-refractivity contribution in [3.05, 3.63) is 57.0 Å². The van der Waals surface area contributed by atoms with Crippen LogP contribution >= 0.6 is 34.8 Å². The summed E-state index contributed by atoms with van der Waals surface area (Å²) in [7, 11) is 0. The Hall–Kier alpha value is -1.99. The number of halogens is 3. The lowest BCUT2D eigenvalue weighted by molar-refractivity contribution is 0.0945. The van der Waals surface area contributed by atoms with Crippen molar-refractivity contribution in [3.8, 4) is 0 Å². The molecule has 0 saturated heterocycles. The number of nitrogens with one attached hydrogen (secondary N) is 3. The Morgan fingerprint density at radius 1 is 0.920 bits per heavy atom. The molecule has 0 bridgehead atoms. The maximum atomic E-state index is 12.2. The Bertz CT molecular complexity index is 779. The van der Waals surface area contributed by atoms with E-state index in [0.29, 0.717) is 20.8 Å². The van der Waals surface area contributed by atoms with Crippen LogP contribution in [0.4, 0.5) is 16.2 Å². The van der Waals surface area contributed by atoms with Crippen LogP contribution < -0.4 is 16.0 Å². The molecule has 132 valence electrons. The molecule has 0 spiro atoms. The first-order chi connectivity index (χ1) is 11.9. The lowest BCUT2D eigenvalue weighted by atomic mass is 10.1. The molecule has 25 heavy (non-hydrogen) atoms. The van der Waals surface area contributed by atoms with Crippen molar-refractivity contribution in [2.75, 3.05) is 23.8 Å². The van der Waals surface area contributed by atoms with Crippen molar-refractivity contribution in [2.24, 2.45) is 0 Å². The van der Waals surface area contributed by atoms with Gasteiger partial charge in [0.15, 0.2) is 0 Å². The fourth-order valence-corrected chi connectivity index (χ4v) is 2.69. The average molecular weight is 403 g/mol.